The van der Waals surface area contributed by atoms with Crippen LogP contribution in [0.3, 0.4) is 0 Å². The van der Waals surface area contributed by atoms with Crippen LogP contribution in [-0.4, -0.2) is 22.6 Å². The van der Waals surface area contributed by atoms with Crippen molar-refractivity contribution < 1.29 is 9.21 Å². The van der Waals surface area contributed by atoms with Crippen LogP contribution in [0.4, 0.5) is 6.01 Å². The molecule has 0 saturated carbocycles. The lowest BCUT2D eigenvalue weighted by molar-refractivity contribution is 0.102. The third-order valence-electron chi connectivity index (χ3n) is 3.20. The first kappa shape index (κ1) is 14.5. The number of carbonyl (C=O) groups is 1. The minimum Gasteiger partial charge on any atom is -0.406 e. The molecule has 1 aromatic carbocycles. The van der Waals surface area contributed by atoms with Gasteiger partial charge in [0.05, 0.1) is 11.6 Å². The van der Waals surface area contributed by atoms with E-state index >= 15 is 0 Å². The van der Waals surface area contributed by atoms with E-state index in [1.807, 2.05) is 0 Å². The summed E-state index contributed by atoms with van der Waals surface area (Å²) in [5, 5.41) is 14.2. The highest BCUT2D eigenvalue weighted by Crippen LogP contribution is 2.24. The number of hydrogen-bond acceptors (Lipinski definition) is 5. The number of benzene rings is 1. The van der Waals surface area contributed by atoms with Gasteiger partial charge in [-0.2, -0.15) is 0 Å². The van der Waals surface area contributed by atoms with Gasteiger partial charge >= 0.3 is 6.01 Å². The maximum Gasteiger partial charge on any atom is 0.322 e. The van der Waals surface area contributed by atoms with E-state index in [9.17, 15) is 4.79 Å². The van der Waals surface area contributed by atoms with Crippen molar-refractivity contribution in [3.63, 3.8) is 0 Å². The van der Waals surface area contributed by atoms with Gasteiger partial charge in [0.2, 0.25) is 5.89 Å². The van der Waals surface area contributed by atoms with Crippen LogP contribution >= 0.6 is 27.5 Å². The number of nitrogens with zero attached hydrogens (tertiary/aromatic N) is 2. The first-order chi connectivity index (χ1) is 10.1. The number of nitrogens with one attached hydrogen (secondary N) is 2. The molecule has 1 aliphatic heterocycles. The average Bonchev–Trinajstić information content (AvgIpc) is 3.08. The summed E-state index contributed by atoms with van der Waals surface area (Å²) in [7, 11) is 0. The summed E-state index contributed by atoms with van der Waals surface area (Å²) in [6.07, 6.45) is 2.03. The van der Waals surface area contributed by atoms with Crippen molar-refractivity contribution in [3.8, 4) is 0 Å². The molecule has 2 heterocycles. The van der Waals surface area contributed by atoms with Crippen LogP contribution in [0.5, 0.6) is 0 Å². The molecule has 2 N–H and O–H groups in total. The van der Waals surface area contributed by atoms with Gasteiger partial charge in [-0.15, -0.1) is 5.10 Å². The van der Waals surface area contributed by atoms with E-state index in [-0.39, 0.29) is 18.0 Å². The Bertz CT molecular complexity index is 670. The van der Waals surface area contributed by atoms with Gasteiger partial charge in [-0.3, -0.25) is 10.1 Å². The number of carbonyl (C=O) groups excluding carboxylic acids is 1. The van der Waals surface area contributed by atoms with Crippen molar-refractivity contribution in [2.24, 2.45) is 0 Å². The molecule has 0 radical (unpaired) electrons. The molecule has 1 atom stereocenters. The van der Waals surface area contributed by atoms with Gasteiger partial charge in [0.15, 0.2) is 0 Å². The van der Waals surface area contributed by atoms with Crippen LogP contribution in [0.1, 0.15) is 35.1 Å². The van der Waals surface area contributed by atoms with Crippen molar-refractivity contribution >= 4 is 39.5 Å². The number of rotatable bonds is 3. The van der Waals surface area contributed by atoms with Crippen molar-refractivity contribution in [3.05, 3.63) is 39.1 Å². The molecule has 0 aliphatic carbocycles. The Morgan fingerprint density at radius 2 is 2.33 bits per heavy atom. The van der Waals surface area contributed by atoms with Gasteiger partial charge < -0.3 is 9.73 Å². The van der Waals surface area contributed by atoms with Crippen molar-refractivity contribution in [2.75, 3.05) is 11.9 Å². The quantitative estimate of drug-likeness (QED) is 0.866. The zero-order valence-corrected chi connectivity index (χ0v) is 13.2. The predicted octanol–water partition coefficient (Wildman–Crippen LogP) is 3.16. The second-order valence-electron chi connectivity index (χ2n) is 4.67. The normalized spacial score (nSPS) is 17.9. The Kier molecular flexibility index (Phi) is 4.23. The molecular formula is C13H12BrClN4O2. The number of amides is 1. The summed E-state index contributed by atoms with van der Waals surface area (Å²) < 4.78 is 6.07. The van der Waals surface area contributed by atoms with E-state index in [1.54, 1.807) is 18.2 Å². The first-order valence-electron chi connectivity index (χ1n) is 6.46. The Morgan fingerprint density at radius 3 is 3.05 bits per heavy atom. The highest BCUT2D eigenvalue weighted by atomic mass is 79.9. The summed E-state index contributed by atoms with van der Waals surface area (Å²) in [6.45, 7) is 0.937. The molecule has 6 nitrogen and oxygen atoms in total. The summed E-state index contributed by atoms with van der Waals surface area (Å²) in [6, 6.07) is 5.08. The fraction of sp³-hybridized carbons (Fsp3) is 0.308. The Hall–Kier alpha value is -1.44. The minimum atomic E-state index is -0.340. The molecule has 110 valence electrons. The van der Waals surface area contributed by atoms with Crippen LogP contribution in [-0.2, 0) is 0 Å². The fourth-order valence-electron chi connectivity index (χ4n) is 2.16. The Balaban J connectivity index is 1.72. The topological polar surface area (TPSA) is 80.0 Å². The van der Waals surface area contributed by atoms with Crippen LogP contribution in [0, 0.1) is 0 Å². The minimum absolute atomic E-state index is 0.0745. The average molecular weight is 372 g/mol. The number of anilines is 1. The summed E-state index contributed by atoms with van der Waals surface area (Å²) in [5.41, 5.74) is 0.443. The molecule has 1 saturated heterocycles. The van der Waals surface area contributed by atoms with E-state index in [0.29, 0.717) is 20.9 Å². The second-order valence-corrected chi connectivity index (χ2v) is 5.96. The molecule has 0 spiro atoms. The number of aromatic nitrogens is 2. The van der Waals surface area contributed by atoms with Crippen LogP contribution < -0.4 is 10.6 Å². The Labute approximate surface area is 134 Å². The first-order valence-corrected chi connectivity index (χ1v) is 7.64. The van der Waals surface area contributed by atoms with E-state index in [0.717, 1.165) is 19.4 Å². The smallest absolute Gasteiger partial charge is 0.322 e. The maximum atomic E-state index is 12.1. The van der Waals surface area contributed by atoms with Gasteiger partial charge in [-0.25, -0.2) is 0 Å². The summed E-state index contributed by atoms with van der Waals surface area (Å²) >= 11 is 9.15. The van der Waals surface area contributed by atoms with Gasteiger partial charge in [-0.05, 0) is 53.5 Å². The van der Waals surface area contributed by atoms with E-state index in [2.05, 4.69) is 36.8 Å². The molecule has 1 unspecified atom stereocenters. The molecule has 3 rings (SSSR count). The largest absolute Gasteiger partial charge is 0.406 e. The van der Waals surface area contributed by atoms with E-state index in [1.165, 1.54) is 0 Å². The molecule has 1 fully saturated rings. The standard InChI is InChI=1S/C13H12BrClN4O2/c14-9-6-7(15)3-4-8(9)11(20)17-13-19-18-12(21-13)10-2-1-5-16-10/h3-4,6,10,16H,1-2,5H2,(H,17,19,20). The molecule has 1 aromatic heterocycles. The Morgan fingerprint density at radius 1 is 1.48 bits per heavy atom. The molecule has 21 heavy (non-hydrogen) atoms. The zero-order valence-electron chi connectivity index (χ0n) is 10.9. The third-order valence-corrected chi connectivity index (χ3v) is 4.09. The summed E-state index contributed by atoms with van der Waals surface area (Å²) in [5.74, 6) is 0.158. The fourth-order valence-corrected chi connectivity index (χ4v) is 3.02. The molecule has 8 heteroatoms. The highest BCUT2D eigenvalue weighted by molar-refractivity contribution is 9.10. The molecule has 0 bridgehead atoms. The molecule has 1 amide bonds. The number of halogens is 2. The lowest BCUT2D eigenvalue weighted by atomic mass is 10.2. The molecule has 2 aromatic rings. The SMILES string of the molecule is O=C(Nc1nnc(C2CCCN2)o1)c1ccc(Cl)cc1Br. The van der Waals surface area contributed by atoms with E-state index in [4.69, 9.17) is 16.0 Å². The van der Waals surface area contributed by atoms with Gasteiger partial charge in [-0.1, -0.05) is 16.7 Å². The van der Waals surface area contributed by atoms with Crippen molar-refractivity contribution in [1.29, 1.82) is 0 Å². The predicted molar refractivity (Wildman–Crippen MR) is 81.4 cm³/mol. The third kappa shape index (κ3) is 3.25. The zero-order chi connectivity index (χ0) is 14.8. The monoisotopic (exact) mass is 370 g/mol. The van der Waals surface area contributed by atoms with Gasteiger partial charge in [0.1, 0.15) is 0 Å². The second kappa shape index (κ2) is 6.13. The summed E-state index contributed by atoms with van der Waals surface area (Å²) in [4.78, 5) is 12.1. The van der Waals surface area contributed by atoms with Crippen molar-refractivity contribution in [2.45, 2.75) is 18.9 Å². The van der Waals surface area contributed by atoms with Crippen molar-refractivity contribution in [1.82, 2.24) is 15.5 Å². The van der Waals surface area contributed by atoms with E-state index < -0.39 is 0 Å². The number of hydrogen-bond donors (Lipinski definition) is 2. The van der Waals surface area contributed by atoms with Gasteiger partial charge in [0, 0.05) is 9.50 Å². The van der Waals surface area contributed by atoms with Gasteiger partial charge in [0.25, 0.3) is 5.91 Å². The lowest BCUT2D eigenvalue weighted by Crippen LogP contribution is -2.13. The van der Waals surface area contributed by atoms with Crippen LogP contribution in [0.15, 0.2) is 27.1 Å². The molecule has 1 aliphatic rings. The molecular weight excluding hydrogens is 360 g/mol. The van der Waals surface area contributed by atoms with Crippen LogP contribution in [0.25, 0.3) is 0 Å². The van der Waals surface area contributed by atoms with Crippen LogP contribution in [0.2, 0.25) is 5.02 Å². The maximum absolute atomic E-state index is 12.1. The highest BCUT2D eigenvalue weighted by Gasteiger charge is 2.23. The lowest BCUT2D eigenvalue weighted by Gasteiger charge is -2.04.